The molecular formula is C24H26N4O2. The van der Waals surface area contributed by atoms with Gasteiger partial charge in [0.2, 0.25) is 5.95 Å². The molecule has 0 bridgehead atoms. The van der Waals surface area contributed by atoms with Crippen LogP contribution in [0.5, 0.6) is 5.75 Å². The molecule has 2 aromatic carbocycles. The number of nitrogens with zero attached hydrogens (tertiary/aromatic N) is 2. The second-order valence-electron chi connectivity index (χ2n) is 7.62. The van der Waals surface area contributed by atoms with Crippen molar-refractivity contribution < 1.29 is 9.53 Å². The van der Waals surface area contributed by atoms with Crippen LogP contribution in [0.25, 0.3) is 0 Å². The highest BCUT2D eigenvalue weighted by Gasteiger charge is 2.37. The SMILES string of the molecule is CNc1ncc2c(n1)CC[C@](CNC(=O)c1ccccc1OC)(c1ccccc1)C2. The van der Waals surface area contributed by atoms with Gasteiger partial charge in [-0.3, -0.25) is 4.79 Å². The number of carbonyl (C=O) groups excluding carboxylic acids is 1. The van der Waals surface area contributed by atoms with Crippen LogP contribution in [-0.4, -0.2) is 36.6 Å². The standard InChI is InChI=1S/C24H26N4O2/c1-25-23-26-15-17-14-24(13-12-20(17)28-23,18-8-4-3-5-9-18)16-27-22(29)19-10-6-7-11-21(19)30-2/h3-11,15H,12-14,16H2,1-2H3,(H,27,29)(H,25,26,28)/t24-/m0/s1. The normalized spacial score (nSPS) is 17.7. The van der Waals surface area contributed by atoms with Crippen molar-refractivity contribution in [1.82, 2.24) is 15.3 Å². The number of para-hydroxylation sites is 1. The highest BCUT2D eigenvalue weighted by Crippen LogP contribution is 2.38. The average molecular weight is 402 g/mol. The summed E-state index contributed by atoms with van der Waals surface area (Å²) in [6.45, 7) is 0.529. The van der Waals surface area contributed by atoms with Gasteiger partial charge >= 0.3 is 0 Å². The van der Waals surface area contributed by atoms with Crippen LogP contribution >= 0.6 is 0 Å². The third-order valence-electron chi connectivity index (χ3n) is 5.87. The minimum absolute atomic E-state index is 0.129. The van der Waals surface area contributed by atoms with E-state index in [1.54, 1.807) is 19.2 Å². The average Bonchev–Trinajstić information content (AvgIpc) is 2.82. The van der Waals surface area contributed by atoms with Crippen LogP contribution < -0.4 is 15.4 Å². The van der Waals surface area contributed by atoms with Crippen molar-refractivity contribution in [3.05, 3.63) is 83.2 Å². The van der Waals surface area contributed by atoms with Gasteiger partial charge in [-0.15, -0.1) is 0 Å². The minimum atomic E-state index is -0.212. The van der Waals surface area contributed by atoms with Crippen LogP contribution in [0.15, 0.2) is 60.8 Å². The number of amides is 1. The Hall–Kier alpha value is -3.41. The molecule has 1 atom stereocenters. The van der Waals surface area contributed by atoms with Crippen molar-refractivity contribution in [3.63, 3.8) is 0 Å². The summed E-state index contributed by atoms with van der Waals surface area (Å²) in [6.07, 6.45) is 4.43. The van der Waals surface area contributed by atoms with Crippen molar-refractivity contribution in [1.29, 1.82) is 0 Å². The third kappa shape index (κ3) is 3.85. The number of rotatable bonds is 6. The van der Waals surface area contributed by atoms with Gasteiger partial charge < -0.3 is 15.4 Å². The number of hydrogen-bond donors (Lipinski definition) is 2. The summed E-state index contributed by atoms with van der Waals surface area (Å²) in [6, 6.07) is 17.7. The molecule has 1 amide bonds. The molecule has 1 aliphatic rings. The van der Waals surface area contributed by atoms with Crippen molar-refractivity contribution in [2.75, 3.05) is 26.0 Å². The molecule has 30 heavy (non-hydrogen) atoms. The first-order valence-electron chi connectivity index (χ1n) is 10.1. The number of carbonyl (C=O) groups is 1. The second kappa shape index (κ2) is 8.53. The highest BCUT2D eigenvalue weighted by atomic mass is 16.5. The molecule has 1 heterocycles. The van der Waals surface area contributed by atoms with Gasteiger partial charge in [-0.1, -0.05) is 42.5 Å². The Kier molecular flexibility index (Phi) is 5.65. The molecule has 0 spiro atoms. The lowest BCUT2D eigenvalue weighted by molar-refractivity contribution is 0.0937. The highest BCUT2D eigenvalue weighted by molar-refractivity contribution is 5.97. The molecule has 1 aromatic heterocycles. The van der Waals surface area contributed by atoms with Crippen LogP contribution in [0, 0.1) is 0 Å². The molecule has 2 N–H and O–H groups in total. The molecule has 6 nitrogen and oxygen atoms in total. The summed E-state index contributed by atoms with van der Waals surface area (Å²) < 4.78 is 5.35. The van der Waals surface area contributed by atoms with E-state index >= 15 is 0 Å². The Labute approximate surface area is 176 Å². The van der Waals surface area contributed by atoms with E-state index in [0.29, 0.717) is 23.8 Å². The Morgan fingerprint density at radius 1 is 1.13 bits per heavy atom. The number of fused-ring (bicyclic) bond motifs is 1. The van der Waals surface area contributed by atoms with Crippen molar-refractivity contribution in [3.8, 4) is 5.75 Å². The lowest BCUT2D eigenvalue weighted by Crippen LogP contribution is -2.45. The summed E-state index contributed by atoms with van der Waals surface area (Å²) in [4.78, 5) is 22.0. The van der Waals surface area contributed by atoms with E-state index in [1.807, 2.05) is 31.4 Å². The van der Waals surface area contributed by atoms with E-state index < -0.39 is 0 Å². The van der Waals surface area contributed by atoms with E-state index in [2.05, 4.69) is 44.9 Å². The number of aryl methyl sites for hydroxylation is 1. The van der Waals surface area contributed by atoms with Crippen LogP contribution in [0.1, 0.15) is 33.6 Å². The fourth-order valence-corrected chi connectivity index (χ4v) is 4.21. The molecule has 0 radical (unpaired) electrons. The Morgan fingerprint density at radius 3 is 2.67 bits per heavy atom. The van der Waals surface area contributed by atoms with E-state index in [9.17, 15) is 4.79 Å². The molecule has 0 saturated heterocycles. The first-order chi connectivity index (χ1) is 14.6. The lowest BCUT2D eigenvalue weighted by Gasteiger charge is -2.38. The van der Waals surface area contributed by atoms with Gasteiger partial charge in [0, 0.05) is 30.9 Å². The van der Waals surface area contributed by atoms with Crippen LogP contribution in [0.2, 0.25) is 0 Å². The van der Waals surface area contributed by atoms with Crippen molar-refractivity contribution >= 4 is 11.9 Å². The Morgan fingerprint density at radius 2 is 1.90 bits per heavy atom. The van der Waals surface area contributed by atoms with Gasteiger partial charge in [0.1, 0.15) is 5.75 Å². The van der Waals surface area contributed by atoms with E-state index in [0.717, 1.165) is 30.5 Å². The maximum Gasteiger partial charge on any atom is 0.255 e. The third-order valence-corrected chi connectivity index (χ3v) is 5.87. The number of ether oxygens (including phenoxy) is 1. The lowest BCUT2D eigenvalue weighted by atomic mass is 9.68. The summed E-state index contributed by atoms with van der Waals surface area (Å²) in [5.74, 6) is 1.09. The largest absolute Gasteiger partial charge is 0.496 e. The predicted molar refractivity (Wildman–Crippen MR) is 117 cm³/mol. The van der Waals surface area contributed by atoms with Crippen molar-refractivity contribution in [2.45, 2.75) is 24.7 Å². The fourth-order valence-electron chi connectivity index (χ4n) is 4.21. The molecule has 154 valence electrons. The van der Waals surface area contributed by atoms with E-state index in [-0.39, 0.29) is 11.3 Å². The number of hydrogen-bond acceptors (Lipinski definition) is 5. The molecule has 3 aromatic rings. The topological polar surface area (TPSA) is 76.1 Å². The maximum atomic E-state index is 12.9. The van der Waals surface area contributed by atoms with Gasteiger partial charge in [-0.2, -0.15) is 0 Å². The molecular weight excluding hydrogens is 376 g/mol. The smallest absolute Gasteiger partial charge is 0.255 e. The zero-order chi connectivity index (χ0) is 21.0. The zero-order valence-corrected chi connectivity index (χ0v) is 17.3. The number of methoxy groups -OCH3 is 1. The molecule has 0 saturated carbocycles. The number of anilines is 1. The van der Waals surface area contributed by atoms with Crippen molar-refractivity contribution in [2.24, 2.45) is 0 Å². The second-order valence-corrected chi connectivity index (χ2v) is 7.62. The quantitative estimate of drug-likeness (QED) is 0.661. The van der Waals surface area contributed by atoms with E-state index in [4.69, 9.17) is 4.74 Å². The van der Waals surface area contributed by atoms with Gasteiger partial charge in [-0.05, 0) is 42.5 Å². The predicted octanol–water partition coefficient (Wildman–Crippen LogP) is 3.38. The summed E-state index contributed by atoms with van der Waals surface area (Å²) in [7, 11) is 3.40. The van der Waals surface area contributed by atoms with Gasteiger partial charge in [-0.25, -0.2) is 9.97 Å². The number of nitrogens with one attached hydrogen (secondary N) is 2. The summed E-state index contributed by atoms with van der Waals surface area (Å²) in [5, 5.41) is 6.17. The molecule has 6 heteroatoms. The monoisotopic (exact) mass is 402 g/mol. The van der Waals surface area contributed by atoms with Gasteiger partial charge in [0.15, 0.2) is 0 Å². The minimum Gasteiger partial charge on any atom is -0.496 e. The fraction of sp³-hybridized carbons (Fsp3) is 0.292. The molecule has 4 rings (SSSR count). The Balaban J connectivity index is 1.62. The van der Waals surface area contributed by atoms with Crippen LogP contribution in [0.4, 0.5) is 5.95 Å². The molecule has 0 aliphatic heterocycles. The zero-order valence-electron chi connectivity index (χ0n) is 17.3. The molecule has 1 aliphatic carbocycles. The Bertz CT molecular complexity index is 1040. The molecule has 0 unspecified atom stereocenters. The maximum absolute atomic E-state index is 12.9. The first kappa shape index (κ1) is 19.9. The van der Waals surface area contributed by atoms with Crippen LogP contribution in [0.3, 0.4) is 0 Å². The summed E-state index contributed by atoms with van der Waals surface area (Å²) >= 11 is 0. The molecule has 0 fully saturated rings. The number of aromatic nitrogens is 2. The van der Waals surface area contributed by atoms with Gasteiger partial charge in [0.05, 0.1) is 12.7 Å². The summed E-state index contributed by atoms with van der Waals surface area (Å²) in [5.41, 5.74) is 3.76. The van der Waals surface area contributed by atoms with Crippen LogP contribution in [-0.2, 0) is 18.3 Å². The first-order valence-corrected chi connectivity index (χ1v) is 10.1. The van der Waals surface area contributed by atoms with E-state index in [1.165, 1.54) is 5.56 Å². The van der Waals surface area contributed by atoms with Gasteiger partial charge in [0.25, 0.3) is 5.91 Å². The number of benzene rings is 2.